The largest absolute Gasteiger partial charge is 0.497 e. The minimum absolute atomic E-state index is 0.00663. The smallest absolute Gasteiger partial charge is 0.351 e. The number of ether oxygens (including phenoxy) is 4. The van der Waals surface area contributed by atoms with E-state index in [-0.39, 0.29) is 37.5 Å². The molecule has 0 bridgehead atoms. The van der Waals surface area contributed by atoms with Crippen LogP contribution in [0, 0.1) is 11.3 Å². The second-order valence-corrected chi connectivity index (χ2v) is 16.2. The van der Waals surface area contributed by atoms with E-state index in [0.717, 1.165) is 4.57 Å². The minimum atomic E-state index is -1.96. The van der Waals surface area contributed by atoms with Gasteiger partial charge in [-0.3, -0.25) is 9.36 Å². The Morgan fingerprint density at radius 3 is 1.95 bits per heavy atom. The maximum atomic E-state index is 17.7. The van der Waals surface area contributed by atoms with E-state index in [2.05, 4.69) is 21.0 Å². The Bertz CT molecular complexity index is 2220. The first-order chi connectivity index (χ1) is 29.5. The monoisotopic (exact) mass is 851 g/mol. The SMILES string of the molecule is COc1ccc(C(O[C@H]2[C@@H](F)[C@H](n3ccc(NC(=O)c4ccccc4)nc3=O)O[C@@H]2COP(OCCC#N)N(C(C)C)C(C)C)(c2ccccc2)c2ccc(OC)cc2)cc1. The van der Waals surface area contributed by atoms with Gasteiger partial charge in [-0.05, 0) is 86.8 Å². The van der Waals surface area contributed by atoms with Gasteiger partial charge in [0.15, 0.2) is 12.4 Å². The van der Waals surface area contributed by atoms with Crippen LogP contribution in [0.1, 0.15) is 67.4 Å². The summed E-state index contributed by atoms with van der Waals surface area (Å²) in [4.78, 5) is 30.7. The van der Waals surface area contributed by atoms with E-state index in [9.17, 15) is 14.9 Å². The highest BCUT2D eigenvalue weighted by molar-refractivity contribution is 7.44. The molecule has 15 heteroatoms. The predicted octanol–water partition coefficient (Wildman–Crippen LogP) is 8.42. The average molecular weight is 852 g/mol. The Morgan fingerprint density at radius 1 is 0.869 bits per heavy atom. The fourth-order valence-electron chi connectivity index (χ4n) is 7.33. The van der Waals surface area contributed by atoms with Crippen molar-refractivity contribution in [2.24, 2.45) is 0 Å². The first-order valence-corrected chi connectivity index (χ1v) is 21.1. The maximum absolute atomic E-state index is 17.7. The maximum Gasteiger partial charge on any atom is 0.351 e. The molecule has 0 saturated carbocycles. The number of anilines is 1. The molecule has 320 valence electrons. The van der Waals surface area contributed by atoms with Crippen molar-refractivity contribution in [1.29, 1.82) is 5.26 Å². The molecule has 1 aliphatic rings. The zero-order valence-corrected chi connectivity index (χ0v) is 35.9. The van der Waals surface area contributed by atoms with Crippen LogP contribution in [0.25, 0.3) is 0 Å². The molecule has 1 saturated heterocycles. The molecule has 6 rings (SSSR count). The van der Waals surface area contributed by atoms with E-state index in [0.29, 0.717) is 33.8 Å². The Morgan fingerprint density at radius 2 is 1.43 bits per heavy atom. The molecule has 1 N–H and O–H groups in total. The van der Waals surface area contributed by atoms with Gasteiger partial charge in [0.25, 0.3) is 14.4 Å². The van der Waals surface area contributed by atoms with Crippen LogP contribution in [0.15, 0.2) is 126 Å². The molecule has 13 nitrogen and oxygen atoms in total. The van der Waals surface area contributed by atoms with Gasteiger partial charge in [-0.25, -0.2) is 13.9 Å². The van der Waals surface area contributed by atoms with Crippen LogP contribution in [-0.4, -0.2) is 78.0 Å². The Balaban J connectivity index is 1.45. The van der Waals surface area contributed by atoms with Gasteiger partial charge in [-0.1, -0.05) is 72.8 Å². The molecule has 4 aromatic carbocycles. The molecule has 1 aromatic heterocycles. The Labute approximate surface area is 356 Å². The van der Waals surface area contributed by atoms with Crippen LogP contribution >= 0.6 is 8.53 Å². The van der Waals surface area contributed by atoms with Crippen molar-refractivity contribution < 1.29 is 37.2 Å². The minimum Gasteiger partial charge on any atom is -0.497 e. The fourth-order valence-corrected chi connectivity index (χ4v) is 8.95. The number of hydrogen-bond donors (Lipinski definition) is 1. The van der Waals surface area contributed by atoms with Crippen LogP contribution < -0.4 is 20.5 Å². The van der Waals surface area contributed by atoms with Gasteiger partial charge in [0.2, 0.25) is 0 Å². The number of alkyl halides is 1. The highest BCUT2D eigenvalue weighted by Gasteiger charge is 2.53. The number of nitrogens with zero attached hydrogens (tertiary/aromatic N) is 4. The number of carbonyl (C=O) groups excluding carboxylic acids is 1. The zero-order chi connectivity index (χ0) is 43.5. The van der Waals surface area contributed by atoms with Crippen LogP contribution in [0.3, 0.4) is 0 Å². The molecule has 1 unspecified atom stereocenters. The van der Waals surface area contributed by atoms with E-state index in [1.54, 1.807) is 44.6 Å². The van der Waals surface area contributed by atoms with Gasteiger partial charge in [-0.15, -0.1) is 0 Å². The lowest BCUT2D eigenvalue weighted by Gasteiger charge is -2.40. The molecule has 0 aliphatic carbocycles. The summed E-state index contributed by atoms with van der Waals surface area (Å²) in [5, 5.41) is 11.9. The molecular weight excluding hydrogens is 801 g/mol. The lowest BCUT2D eigenvalue weighted by Crippen LogP contribution is -2.44. The molecule has 0 spiro atoms. The Kier molecular flexibility index (Phi) is 15.4. The summed E-state index contributed by atoms with van der Waals surface area (Å²) in [6, 6.07) is 36.1. The van der Waals surface area contributed by atoms with Crippen molar-refractivity contribution in [1.82, 2.24) is 14.2 Å². The predicted molar refractivity (Wildman–Crippen MR) is 230 cm³/mol. The highest BCUT2D eigenvalue weighted by Crippen LogP contribution is 2.49. The number of halogens is 1. The van der Waals surface area contributed by atoms with Gasteiger partial charge in [0, 0.05) is 23.8 Å². The molecule has 5 atom stereocenters. The summed E-state index contributed by atoms with van der Waals surface area (Å²) < 4.78 is 58.4. The van der Waals surface area contributed by atoms with E-state index in [1.807, 2.05) is 107 Å². The van der Waals surface area contributed by atoms with Crippen molar-refractivity contribution in [2.45, 2.75) is 76.4 Å². The van der Waals surface area contributed by atoms with Crippen molar-refractivity contribution in [3.05, 3.63) is 154 Å². The first kappa shape index (κ1) is 45.0. The molecule has 2 heterocycles. The molecule has 5 aromatic rings. The Hall–Kier alpha value is -5.52. The standard InChI is InChI=1S/C46H51FN5O8P/c1-31(2)52(32(3)4)61(57-29-13-27-48)58-30-39-42(41(47)44(59-39)51-28-26-40(50-45(51)54)49-43(53)33-14-9-7-10-15-33)60-46(34-16-11-8-12-17-34,35-18-22-37(55-5)23-19-35)36-20-24-38(56-6)25-21-36/h7-12,14-26,28,31-32,39,41-42,44H,13,29-30H2,1-6H3,(H,49,50,53,54)/t39-,41-,42-,44-,61?/m1/s1. The molecular formula is C46H51FN5O8P. The third-order valence-electron chi connectivity index (χ3n) is 10.1. The molecule has 61 heavy (non-hydrogen) atoms. The number of amides is 1. The van der Waals surface area contributed by atoms with Gasteiger partial charge >= 0.3 is 5.69 Å². The van der Waals surface area contributed by atoms with Crippen LogP contribution in [0.2, 0.25) is 0 Å². The van der Waals surface area contributed by atoms with Crippen LogP contribution in [-0.2, 0) is 24.1 Å². The first-order valence-electron chi connectivity index (χ1n) is 20.0. The number of benzene rings is 4. The highest BCUT2D eigenvalue weighted by atomic mass is 31.2. The summed E-state index contributed by atoms with van der Waals surface area (Å²) in [7, 11) is 1.38. The summed E-state index contributed by atoms with van der Waals surface area (Å²) in [6.07, 6.45) is -4.49. The normalized spacial score (nSPS) is 18.2. The van der Waals surface area contributed by atoms with E-state index >= 15 is 4.39 Å². The molecule has 1 fully saturated rings. The van der Waals surface area contributed by atoms with Gasteiger partial charge in [-0.2, -0.15) is 10.2 Å². The fraction of sp³-hybridized carbons (Fsp3) is 0.348. The zero-order valence-electron chi connectivity index (χ0n) is 35.0. The number of aromatic nitrogens is 2. The number of methoxy groups -OCH3 is 2. The summed E-state index contributed by atoms with van der Waals surface area (Å²) >= 11 is 0. The van der Waals surface area contributed by atoms with Gasteiger partial charge in [0.05, 0.1) is 39.9 Å². The van der Waals surface area contributed by atoms with E-state index in [1.165, 1.54) is 12.3 Å². The van der Waals surface area contributed by atoms with Crippen molar-refractivity contribution >= 4 is 20.3 Å². The number of carbonyl (C=O) groups is 1. The number of rotatable bonds is 19. The molecule has 1 aliphatic heterocycles. The number of nitrogens with one attached hydrogen (secondary N) is 1. The van der Waals surface area contributed by atoms with Gasteiger partial charge in [0.1, 0.15) is 35.1 Å². The van der Waals surface area contributed by atoms with Crippen molar-refractivity contribution in [3.63, 3.8) is 0 Å². The number of nitriles is 1. The van der Waals surface area contributed by atoms with Crippen molar-refractivity contribution in [2.75, 3.05) is 32.8 Å². The lowest BCUT2D eigenvalue weighted by molar-refractivity contribution is -0.103. The van der Waals surface area contributed by atoms with Crippen LogP contribution in [0.4, 0.5) is 10.2 Å². The number of hydrogen-bond acceptors (Lipinski definition) is 11. The summed E-state index contributed by atoms with van der Waals surface area (Å²) in [6.45, 7) is 7.97. The summed E-state index contributed by atoms with van der Waals surface area (Å²) in [5.41, 5.74) is 0.0586. The van der Waals surface area contributed by atoms with Crippen LogP contribution in [0.5, 0.6) is 11.5 Å². The van der Waals surface area contributed by atoms with Gasteiger partial charge < -0.3 is 33.3 Å². The quantitative estimate of drug-likeness (QED) is 0.0485. The lowest BCUT2D eigenvalue weighted by atomic mass is 9.79. The average Bonchev–Trinajstić information content (AvgIpc) is 3.58. The van der Waals surface area contributed by atoms with Crippen molar-refractivity contribution in [3.8, 4) is 17.6 Å². The van der Waals surface area contributed by atoms with E-state index in [4.69, 9.17) is 28.0 Å². The third kappa shape index (κ3) is 10.3. The second-order valence-electron chi connectivity index (χ2n) is 14.8. The third-order valence-corrected chi connectivity index (χ3v) is 12.2. The topological polar surface area (TPSA) is 146 Å². The molecule has 1 amide bonds. The summed E-state index contributed by atoms with van der Waals surface area (Å²) in [5.74, 6) is 0.746. The second kappa shape index (κ2) is 20.8. The van der Waals surface area contributed by atoms with E-state index < -0.39 is 50.3 Å². The molecule has 0 radical (unpaired) electrons.